The third-order valence-corrected chi connectivity index (χ3v) is 9.08. The van der Waals surface area contributed by atoms with Crippen LogP contribution < -0.4 is 14.8 Å². The summed E-state index contributed by atoms with van der Waals surface area (Å²) in [4.78, 5) is 16.7. The average molecular weight is 749 g/mol. The van der Waals surface area contributed by atoms with Gasteiger partial charge in [-0.1, -0.05) is 12.1 Å². The van der Waals surface area contributed by atoms with Gasteiger partial charge in [-0.05, 0) is 70.4 Å². The topological polar surface area (TPSA) is 115 Å². The van der Waals surface area contributed by atoms with Crippen LogP contribution in [0.5, 0.6) is 23.0 Å². The normalized spacial score (nSPS) is 27.0. The number of phenols is 2. The van der Waals surface area contributed by atoms with Gasteiger partial charge in [-0.3, -0.25) is 14.6 Å². The van der Waals surface area contributed by atoms with Crippen molar-refractivity contribution in [1.29, 1.82) is 0 Å². The number of hydrogen-bond acceptors (Lipinski definition) is 8. The van der Waals surface area contributed by atoms with Crippen LogP contribution in [0, 0.1) is 64.8 Å². The van der Waals surface area contributed by atoms with Crippen LogP contribution in [0.15, 0.2) is 18.2 Å². The van der Waals surface area contributed by atoms with Crippen molar-refractivity contribution in [2.75, 3.05) is 20.4 Å². The fourth-order valence-corrected chi connectivity index (χ4v) is 7.12. The van der Waals surface area contributed by atoms with Crippen molar-refractivity contribution in [3.8, 4) is 23.0 Å². The smallest absolute Gasteiger partial charge is 0.243 e. The number of nitrogens with zero attached hydrogens (tertiary/aromatic N) is 2. The van der Waals surface area contributed by atoms with Crippen molar-refractivity contribution >= 4 is 5.91 Å². The fraction of sp³-hybridized carbons (Fsp3) is 0.483. The Bertz CT molecular complexity index is 1380. The van der Waals surface area contributed by atoms with Crippen molar-refractivity contribution in [1.82, 2.24) is 15.1 Å². The summed E-state index contributed by atoms with van der Waals surface area (Å²) in [5.74, 6) is 1.27. The minimum absolute atomic E-state index is 0. The number of aliphatic hydroxyl groups excluding tert-OH is 1. The quantitative estimate of drug-likeness (QED) is 0.355. The van der Waals surface area contributed by atoms with Gasteiger partial charge in [0.1, 0.15) is 17.7 Å². The number of piperazine rings is 1. The molecule has 9 nitrogen and oxygen atoms in total. The largest absolute Gasteiger partial charge is 0.507 e. The first-order valence-electron chi connectivity index (χ1n) is 13.2. The monoisotopic (exact) mass is 748 g/mol. The zero-order valence-electron chi connectivity index (χ0n) is 23.0. The van der Waals surface area contributed by atoms with Crippen molar-refractivity contribution in [2.24, 2.45) is 0 Å². The van der Waals surface area contributed by atoms with Gasteiger partial charge in [0, 0.05) is 78.9 Å². The molecule has 4 heterocycles. The number of amides is 1. The average Bonchev–Trinajstić information content (AvgIpc) is 3.37. The summed E-state index contributed by atoms with van der Waals surface area (Å²) in [6, 6.07) is 0.928. The number of rotatable bonds is 3. The molecule has 0 aliphatic carbocycles. The van der Waals surface area contributed by atoms with Gasteiger partial charge < -0.3 is 30.1 Å². The van der Waals surface area contributed by atoms with E-state index in [1.54, 1.807) is 13.0 Å². The van der Waals surface area contributed by atoms with Gasteiger partial charge in [0.2, 0.25) is 12.7 Å². The first-order chi connectivity index (χ1) is 18.1. The van der Waals surface area contributed by atoms with Gasteiger partial charge in [0.05, 0.1) is 18.1 Å². The zero-order chi connectivity index (χ0) is 27.0. The molecule has 4 aliphatic rings. The Kier molecular flexibility index (Phi) is 7.75. The van der Waals surface area contributed by atoms with Gasteiger partial charge in [-0.25, -0.2) is 0 Å². The molecule has 4 aliphatic heterocycles. The predicted octanol–water partition coefficient (Wildman–Crippen LogP) is 2.64. The number of likely N-dealkylation sites (N-methyl/N-ethyl adjacent to an activating group) is 1. The molecule has 1 fully saturated rings. The van der Waals surface area contributed by atoms with E-state index in [4.69, 9.17) is 9.47 Å². The minimum Gasteiger partial charge on any atom is -0.507 e. The van der Waals surface area contributed by atoms with E-state index >= 15 is 0 Å². The Labute approximate surface area is 264 Å². The molecule has 1 saturated heterocycles. The molecule has 1 unspecified atom stereocenters. The molecule has 0 saturated carbocycles. The number of phenolic OH excluding ortho intramolecular Hbond substituents is 2. The summed E-state index contributed by atoms with van der Waals surface area (Å²) in [7, 11) is 2.00. The minimum atomic E-state index is -0.851. The Balaban J connectivity index is 0.00000308. The van der Waals surface area contributed by atoms with E-state index in [2.05, 4.69) is 21.2 Å². The number of aliphatic hydroxyl groups is 1. The SMILES string of the molecule is C/C=C/C(=O)NC[C@H]1c2c(c(O)c(C)c3c2OCO3)CC2[C@H]3c4c(cc(C)c(C)c4O)C[C@@H]([C@H](O)N21)N3C.[Ac]. The van der Waals surface area contributed by atoms with Crippen molar-refractivity contribution in [2.45, 2.75) is 70.9 Å². The summed E-state index contributed by atoms with van der Waals surface area (Å²) in [5, 5.41) is 37.6. The molecule has 10 heteroatoms. The molecule has 1 amide bonds. The Morgan fingerprint density at radius 3 is 2.51 bits per heavy atom. The number of allylic oxidation sites excluding steroid dienone is 1. The van der Waals surface area contributed by atoms with Crippen LogP contribution >= 0.6 is 0 Å². The molecule has 0 spiro atoms. The third kappa shape index (κ3) is 4.21. The van der Waals surface area contributed by atoms with E-state index in [9.17, 15) is 20.1 Å². The first kappa shape index (κ1) is 28.7. The maximum Gasteiger partial charge on any atom is 0.243 e. The van der Waals surface area contributed by atoms with Crippen molar-refractivity contribution in [3.05, 3.63) is 57.2 Å². The fourth-order valence-electron chi connectivity index (χ4n) is 7.12. The second kappa shape index (κ2) is 10.5. The molecule has 205 valence electrons. The Hall–Kier alpha value is -1.83. The predicted molar refractivity (Wildman–Crippen MR) is 140 cm³/mol. The summed E-state index contributed by atoms with van der Waals surface area (Å²) >= 11 is 0. The van der Waals surface area contributed by atoms with Crippen molar-refractivity contribution in [3.63, 3.8) is 0 Å². The summed E-state index contributed by atoms with van der Waals surface area (Å²) < 4.78 is 11.7. The number of aromatic hydroxyl groups is 2. The zero-order valence-corrected chi connectivity index (χ0v) is 27.7. The van der Waals surface area contributed by atoms with Crippen LogP contribution in [-0.2, 0) is 17.6 Å². The Morgan fingerprint density at radius 2 is 1.79 bits per heavy atom. The molecule has 2 bridgehead atoms. The molecule has 2 aromatic carbocycles. The number of fused-ring (bicyclic) bond motifs is 9. The van der Waals surface area contributed by atoms with Crippen LogP contribution in [0.3, 0.4) is 0 Å². The van der Waals surface area contributed by atoms with Crippen LogP contribution in [0.2, 0.25) is 0 Å². The number of nitrogens with one attached hydrogen (secondary N) is 1. The maximum atomic E-state index is 12.5. The van der Waals surface area contributed by atoms with E-state index in [1.807, 2.05) is 27.8 Å². The third-order valence-electron chi connectivity index (χ3n) is 9.08. The summed E-state index contributed by atoms with van der Waals surface area (Å²) in [6.07, 6.45) is 3.31. The van der Waals surface area contributed by atoms with E-state index in [0.717, 1.165) is 33.4 Å². The van der Waals surface area contributed by atoms with Gasteiger partial charge >= 0.3 is 0 Å². The second-order valence-corrected chi connectivity index (χ2v) is 10.9. The standard InChI is InChI=1S/C29H35N3O6.Ac/c1-6-7-21(33)30-11-20-23-17(25(34)15(4)27-28(23)38-12-37-27)10-18-24-22-16(8-13(2)14(3)26(22)35)9-19(31(24)5)29(36)32(18)20;/h6-8,18-20,24,29,34-36H,9-12H2,1-5H3,(H,30,33);/b7-6+;/t18?,19-,20-,24-,29-;/m0./s1. The molecule has 39 heavy (non-hydrogen) atoms. The molecule has 5 atom stereocenters. The van der Waals surface area contributed by atoms with E-state index in [0.29, 0.717) is 35.7 Å². The number of aryl methyl sites for hydroxylation is 1. The number of benzene rings is 2. The molecular weight excluding hydrogens is 713 g/mol. The van der Waals surface area contributed by atoms with Crippen LogP contribution in [0.25, 0.3) is 0 Å². The Morgan fingerprint density at radius 1 is 1.08 bits per heavy atom. The molecule has 6 rings (SSSR count). The van der Waals surface area contributed by atoms with Gasteiger partial charge in [0.15, 0.2) is 11.5 Å². The van der Waals surface area contributed by atoms with E-state index in [1.165, 1.54) is 6.08 Å². The molecule has 4 N–H and O–H groups in total. The molecule has 1 radical (unpaired) electrons. The van der Waals surface area contributed by atoms with E-state index in [-0.39, 0.29) is 87.2 Å². The molecule has 0 aromatic heterocycles. The summed E-state index contributed by atoms with van der Waals surface area (Å²) in [6.45, 7) is 7.77. The van der Waals surface area contributed by atoms with Crippen molar-refractivity contribution < 1.29 is 73.7 Å². The van der Waals surface area contributed by atoms with Gasteiger partial charge in [-0.15, -0.1) is 0 Å². The second-order valence-electron chi connectivity index (χ2n) is 10.9. The summed E-state index contributed by atoms with van der Waals surface area (Å²) in [5.41, 5.74) is 5.88. The number of carbonyl (C=O) groups is 1. The van der Waals surface area contributed by atoms with Crippen LogP contribution in [0.1, 0.15) is 58.0 Å². The number of hydrogen-bond donors (Lipinski definition) is 4. The maximum absolute atomic E-state index is 12.5. The number of carbonyl (C=O) groups excluding carboxylic acids is 1. The first-order valence-corrected chi connectivity index (χ1v) is 13.2. The van der Waals surface area contributed by atoms with Gasteiger partial charge in [0.25, 0.3) is 0 Å². The molecular formula is C29H35AcN3O6. The van der Waals surface area contributed by atoms with Gasteiger partial charge in [-0.2, -0.15) is 0 Å². The van der Waals surface area contributed by atoms with E-state index < -0.39 is 12.3 Å². The van der Waals surface area contributed by atoms with Crippen LogP contribution in [0.4, 0.5) is 0 Å². The van der Waals surface area contributed by atoms with Crippen LogP contribution in [-0.4, -0.2) is 69.7 Å². The number of ether oxygens (including phenoxy) is 2. The molecule has 2 aromatic rings.